The van der Waals surface area contributed by atoms with E-state index >= 15 is 0 Å². The number of carbonyl (C=O) groups excluding carboxylic acids is 1. The molecule has 1 N–H and O–H groups in total. The quantitative estimate of drug-likeness (QED) is 0.450. The van der Waals surface area contributed by atoms with Crippen LogP contribution < -0.4 is 15.7 Å². The minimum Gasteiger partial charge on any atom is -0.405 e. The number of rotatable bonds is 8. The van der Waals surface area contributed by atoms with Crippen LogP contribution in [0, 0.1) is 5.92 Å². The number of halogens is 1. The summed E-state index contributed by atoms with van der Waals surface area (Å²) in [5.41, 5.74) is 0.556. The van der Waals surface area contributed by atoms with E-state index in [1.54, 1.807) is 6.20 Å². The third-order valence-electron chi connectivity index (χ3n) is 6.80. The second kappa shape index (κ2) is 11.6. The van der Waals surface area contributed by atoms with Crippen molar-refractivity contribution in [1.82, 2.24) is 15.3 Å². The van der Waals surface area contributed by atoms with E-state index in [2.05, 4.69) is 84.6 Å². The molecule has 1 aliphatic rings. The predicted octanol–water partition coefficient (Wildman–Crippen LogP) is 4.12. The SMILES string of the molecule is CC(C)(C)[Si](OCC1CCC(C(=O)NCc2nccnc2Cl)CO1)(c1ccccc1)c1ccccc1. The summed E-state index contributed by atoms with van der Waals surface area (Å²) in [5.74, 6) is -0.257. The summed E-state index contributed by atoms with van der Waals surface area (Å²) in [6, 6.07) is 21.2. The van der Waals surface area contributed by atoms with Gasteiger partial charge in [0.25, 0.3) is 8.32 Å². The maximum Gasteiger partial charge on any atom is 0.261 e. The Morgan fingerprint density at radius 2 is 1.64 bits per heavy atom. The highest BCUT2D eigenvalue weighted by Gasteiger charge is 2.50. The van der Waals surface area contributed by atoms with E-state index < -0.39 is 8.32 Å². The molecule has 1 aliphatic heterocycles. The molecule has 1 fully saturated rings. The van der Waals surface area contributed by atoms with Gasteiger partial charge < -0.3 is 14.5 Å². The van der Waals surface area contributed by atoms with Crippen molar-refractivity contribution in [2.75, 3.05) is 13.2 Å². The van der Waals surface area contributed by atoms with E-state index in [9.17, 15) is 4.79 Å². The number of hydrogen-bond acceptors (Lipinski definition) is 5. The Morgan fingerprint density at radius 1 is 1.03 bits per heavy atom. The van der Waals surface area contributed by atoms with Crippen molar-refractivity contribution in [3.05, 3.63) is 83.9 Å². The number of ether oxygens (including phenoxy) is 1. The third-order valence-corrected chi connectivity index (χ3v) is 12.1. The van der Waals surface area contributed by atoms with E-state index in [-0.39, 0.29) is 29.5 Å². The molecule has 36 heavy (non-hydrogen) atoms. The number of carbonyl (C=O) groups is 1. The number of benzene rings is 2. The Kier molecular flexibility index (Phi) is 8.57. The molecular formula is C28H34ClN3O3Si. The lowest BCUT2D eigenvalue weighted by atomic mass is 9.98. The lowest BCUT2D eigenvalue weighted by molar-refractivity contribution is -0.132. The van der Waals surface area contributed by atoms with E-state index in [1.807, 2.05) is 12.1 Å². The van der Waals surface area contributed by atoms with Crippen LogP contribution in [0.1, 0.15) is 39.3 Å². The van der Waals surface area contributed by atoms with Crippen LogP contribution in [-0.4, -0.2) is 43.5 Å². The van der Waals surface area contributed by atoms with Gasteiger partial charge >= 0.3 is 0 Å². The molecule has 0 radical (unpaired) electrons. The van der Waals surface area contributed by atoms with Gasteiger partial charge in [0.15, 0.2) is 5.15 Å². The van der Waals surface area contributed by atoms with Gasteiger partial charge in [0.05, 0.1) is 37.5 Å². The first-order valence-electron chi connectivity index (χ1n) is 12.4. The largest absolute Gasteiger partial charge is 0.405 e. The molecule has 0 bridgehead atoms. The molecule has 1 saturated heterocycles. The highest BCUT2D eigenvalue weighted by atomic mass is 35.5. The molecule has 190 valence electrons. The zero-order valence-electron chi connectivity index (χ0n) is 21.1. The van der Waals surface area contributed by atoms with Crippen LogP contribution in [0.2, 0.25) is 10.2 Å². The summed E-state index contributed by atoms with van der Waals surface area (Å²) < 4.78 is 13.2. The average Bonchev–Trinajstić information content (AvgIpc) is 2.89. The first-order chi connectivity index (χ1) is 17.3. The summed E-state index contributed by atoms with van der Waals surface area (Å²) in [4.78, 5) is 20.9. The normalized spacial score (nSPS) is 18.6. The highest BCUT2D eigenvalue weighted by molar-refractivity contribution is 6.99. The number of nitrogens with zero attached hydrogens (tertiary/aromatic N) is 2. The second-order valence-corrected chi connectivity index (χ2v) is 14.9. The molecular weight excluding hydrogens is 490 g/mol. The third kappa shape index (κ3) is 5.86. The Balaban J connectivity index is 1.41. The average molecular weight is 524 g/mol. The van der Waals surface area contributed by atoms with E-state index in [0.717, 1.165) is 12.8 Å². The van der Waals surface area contributed by atoms with Gasteiger partial charge in [-0.25, -0.2) is 4.98 Å². The molecule has 2 aromatic carbocycles. The second-order valence-electron chi connectivity index (χ2n) is 10.2. The zero-order chi connectivity index (χ0) is 25.6. The smallest absolute Gasteiger partial charge is 0.261 e. The number of hydrogen-bond donors (Lipinski definition) is 1. The summed E-state index contributed by atoms with van der Waals surface area (Å²) in [5, 5.41) is 5.63. The molecule has 1 aromatic heterocycles. The standard InChI is InChI=1S/C28H34ClN3O3Si/c1-28(2,3)36(23-10-6-4-7-11-23,24-12-8-5-9-13-24)35-20-22-15-14-21(19-34-22)27(33)32-18-25-26(29)31-17-16-30-25/h4-13,16-17,21-22H,14-15,18-20H2,1-3H3,(H,32,33). The van der Waals surface area contributed by atoms with Crippen LogP contribution in [0.15, 0.2) is 73.1 Å². The topological polar surface area (TPSA) is 73.3 Å². The maximum atomic E-state index is 12.7. The molecule has 0 aliphatic carbocycles. The van der Waals surface area contributed by atoms with Crippen LogP contribution >= 0.6 is 11.6 Å². The molecule has 3 aromatic rings. The lowest BCUT2D eigenvalue weighted by Crippen LogP contribution is -2.67. The number of nitrogens with one attached hydrogen (secondary N) is 1. The van der Waals surface area contributed by atoms with Crippen molar-refractivity contribution < 1.29 is 14.0 Å². The lowest BCUT2D eigenvalue weighted by Gasteiger charge is -2.44. The first kappa shape index (κ1) is 26.5. The van der Waals surface area contributed by atoms with E-state index in [1.165, 1.54) is 16.6 Å². The fourth-order valence-electron chi connectivity index (χ4n) is 4.91. The fourth-order valence-corrected chi connectivity index (χ4v) is 9.67. The van der Waals surface area contributed by atoms with Gasteiger partial charge in [-0.15, -0.1) is 0 Å². The molecule has 2 unspecified atom stereocenters. The van der Waals surface area contributed by atoms with Gasteiger partial charge in [0.2, 0.25) is 5.91 Å². The van der Waals surface area contributed by atoms with Crippen LogP contribution in [0.4, 0.5) is 0 Å². The fraction of sp³-hybridized carbons (Fsp3) is 0.393. The molecule has 0 spiro atoms. The summed E-state index contributed by atoms with van der Waals surface area (Å²) in [6.07, 6.45) is 4.55. The Hall–Kier alpha value is -2.58. The monoisotopic (exact) mass is 523 g/mol. The molecule has 0 saturated carbocycles. The minimum absolute atomic E-state index is 0.0508. The number of aromatic nitrogens is 2. The van der Waals surface area contributed by atoms with Gasteiger partial charge in [0, 0.05) is 12.4 Å². The van der Waals surface area contributed by atoms with Crippen molar-refractivity contribution in [2.45, 2.75) is 51.3 Å². The highest BCUT2D eigenvalue weighted by Crippen LogP contribution is 2.37. The summed E-state index contributed by atoms with van der Waals surface area (Å²) >= 11 is 6.04. The molecule has 2 atom stereocenters. The zero-order valence-corrected chi connectivity index (χ0v) is 22.9. The van der Waals surface area contributed by atoms with E-state index in [0.29, 0.717) is 24.1 Å². The van der Waals surface area contributed by atoms with Crippen LogP contribution in [-0.2, 0) is 20.5 Å². The van der Waals surface area contributed by atoms with Gasteiger partial charge in [-0.1, -0.05) is 93.0 Å². The first-order valence-corrected chi connectivity index (χ1v) is 14.7. The molecule has 6 nitrogen and oxygen atoms in total. The van der Waals surface area contributed by atoms with Crippen LogP contribution in [0.5, 0.6) is 0 Å². The van der Waals surface area contributed by atoms with Crippen molar-refractivity contribution >= 4 is 36.2 Å². The van der Waals surface area contributed by atoms with Gasteiger partial charge in [0.1, 0.15) is 0 Å². The van der Waals surface area contributed by atoms with Crippen molar-refractivity contribution in [3.63, 3.8) is 0 Å². The van der Waals surface area contributed by atoms with Crippen LogP contribution in [0.3, 0.4) is 0 Å². The summed E-state index contributed by atoms with van der Waals surface area (Å²) in [7, 11) is -2.61. The van der Waals surface area contributed by atoms with Gasteiger partial charge in [-0.2, -0.15) is 0 Å². The van der Waals surface area contributed by atoms with E-state index in [4.69, 9.17) is 20.8 Å². The Bertz CT molecular complexity index is 1090. The van der Waals surface area contributed by atoms with Gasteiger partial charge in [-0.05, 0) is 28.3 Å². The molecule has 1 amide bonds. The Morgan fingerprint density at radius 3 is 2.17 bits per heavy atom. The molecule has 4 rings (SSSR count). The van der Waals surface area contributed by atoms with Crippen molar-refractivity contribution in [1.29, 1.82) is 0 Å². The van der Waals surface area contributed by atoms with Gasteiger partial charge in [-0.3, -0.25) is 9.78 Å². The molecule has 2 heterocycles. The maximum absolute atomic E-state index is 12.7. The van der Waals surface area contributed by atoms with Crippen molar-refractivity contribution in [3.8, 4) is 0 Å². The van der Waals surface area contributed by atoms with Crippen molar-refractivity contribution in [2.24, 2.45) is 5.92 Å². The summed E-state index contributed by atoms with van der Waals surface area (Å²) in [6.45, 7) is 7.92. The Labute approximate surface area is 219 Å². The predicted molar refractivity (Wildman–Crippen MR) is 145 cm³/mol. The van der Waals surface area contributed by atoms with Crippen LogP contribution in [0.25, 0.3) is 0 Å². The minimum atomic E-state index is -2.61. The molecule has 8 heteroatoms. The number of amides is 1.